The predicted molar refractivity (Wildman–Crippen MR) is 108 cm³/mol. The summed E-state index contributed by atoms with van der Waals surface area (Å²) in [5.74, 6) is 0.857. The van der Waals surface area contributed by atoms with Crippen LogP contribution in [0, 0.1) is 13.8 Å². The fraction of sp³-hybridized carbons (Fsp3) is 0.250. The molecular weight excluding hydrogens is 408 g/mol. The van der Waals surface area contributed by atoms with Gasteiger partial charge in [-0.3, -0.25) is 9.69 Å². The molecule has 3 aromatic rings. The molecule has 0 aliphatic rings. The SMILES string of the molecule is Cc1ccc(-c2nnc(CN(C)CC(=O)Nc3ccc(Br)cc3C)o2)cc1. The van der Waals surface area contributed by atoms with Crippen LogP contribution in [0.15, 0.2) is 51.4 Å². The number of halogens is 1. The Morgan fingerprint density at radius 3 is 2.59 bits per heavy atom. The number of nitrogens with one attached hydrogen (secondary N) is 1. The summed E-state index contributed by atoms with van der Waals surface area (Å²) in [6.45, 7) is 4.59. The van der Waals surface area contributed by atoms with Crippen LogP contribution in [0.5, 0.6) is 0 Å². The third-order valence-electron chi connectivity index (χ3n) is 4.05. The van der Waals surface area contributed by atoms with Crippen LogP contribution in [0.25, 0.3) is 11.5 Å². The largest absolute Gasteiger partial charge is 0.419 e. The lowest BCUT2D eigenvalue weighted by Crippen LogP contribution is -2.30. The van der Waals surface area contributed by atoms with Crippen LogP contribution in [-0.2, 0) is 11.3 Å². The van der Waals surface area contributed by atoms with E-state index >= 15 is 0 Å². The molecule has 1 heterocycles. The average molecular weight is 429 g/mol. The van der Waals surface area contributed by atoms with E-state index in [0.29, 0.717) is 18.3 Å². The predicted octanol–water partition coefficient (Wildman–Crippen LogP) is 4.19. The van der Waals surface area contributed by atoms with Gasteiger partial charge < -0.3 is 9.73 Å². The van der Waals surface area contributed by atoms with Gasteiger partial charge in [-0.2, -0.15) is 0 Å². The van der Waals surface area contributed by atoms with Crippen LogP contribution in [0.1, 0.15) is 17.0 Å². The van der Waals surface area contributed by atoms with Gasteiger partial charge >= 0.3 is 0 Å². The van der Waals surface area contributed by atoms with Crippen molar-refractivity contribution in [2.45, 2.75) is 20.4 Å². The number of carbonyl (C=O) groups excluding carboxylic acids is 1. The highest BCUT2D eigenvalue weighted by atomic mass is 79.9. The second kappa shape index (κ2) is 8.45. The van der Waals surface area contributed by atoms with E-state index in [4.69, 9.17) is 4.42 Å². The number of rotatable bonds is 6. The van der Waals surface area contributed by atoms with Gasteiger partial charge in [0.15, 0.2) is 0 Å². The summed E-state index contributed by atoms with van der Waals surface area (Å²) in [5.41, 5.74) is 3.85. The first kappa shape index (κ1) is 19.3. The number of hydrogen-bond acceptors (Lipinski definition) is 5. The molecule has 0 unspecified atom stereocenters. The van der Waals surface area contributed by atoms with Crippen molar-refractivity contribution in [1.29, 1.82) is 0 Å². The van der Waals surface area contributed by atoms with E-state index in [2.05, 4.69) is 31.4 Å². The van der Waals surface area contributed by atoms with Gasteiger partial charge in [-0.25, -0.2) is 0 Å². The first-order valence-corrected chi connectivity index (χ1v) is 9.34. The second-order valence-corrected chi connectivity index (χ2v) is 7.46. The lowest BCUT2D eigenvalue weighted by molar-refractivity contribution is -0.117. The van der Waals surface area contributed by atoms with Crippen LogP contribution in [0.2, 0.25) is 0 Å². The van der Waals surface area contributed by atoms with Gasteiger partial charge in [-0.15, -0.1) is 10.2 Å². The maximum atomic E-state index is 12.3. The number of aryl methyl sites for hydroxylation is 2. The first-order chi connectivity index (χ1) is 12.9. The zero-order chi connectivity index (χ0) is 19.4. The summed E-state index contributed by atoms with van der Waals surface area (Å²) in [5, 5.41) is 11.1. The van der Waals surface area contributed by atoms with Gasteiger partial charge in [-0.1, -0.05) is 33.6 Å². The number of benzene rings is 2. The van der Waals surface area contributed by atoms with Gasteiger partial charge in [0.05, 0.1) is 13.1 Å². The lowest BCUT2D eigenvalue weighted by atomic mass is 10.1. The molecular formula is C20H21BrN4O2. The van der Waals surface area contributed by atoms with Gasteiger partial charge in [0.25, 0.3) is 0 Å². The van der Waals surface area contributed by atoms with Crippen molar-refractivity contribution in [2.75, 3.05) is 18.9 Å². The molecule has 1 N–H and O–H groups in total. The Hall–Kier alpha value is -2.51. The third kappa shape index (κ3) is 5.24. The molecule has 27 heavy (non-hydrogen) atoms. The number of anilines is 1. The van der Waals surface area contributed by atoms with Crippen molar-refractivity contribution in [3.8, 4) is 11.5 Å². The maximum Gasteiger partial charge on any atom is 0.247 e. The summed E-state index contributed by atoms with van der Waals surface area (Å²) in [6, 6.07) is 13.6. The average Bonchev–Trinajstić information content (AvgIpc) is 3.06. The Labute approximate surface area is 166 Å². The normalized spacial score (nSPS) is 11.0. The molecule has 0 bridgehead atoms. The quantitative estimate of drug-likeness (QED) is 0.637. The van der Waals surface area contributed by atoms with Gasteiger partial charge in [-0.05, 0) is 56.8 Å². The van der Waals surface area contributed by atoms with Crippen molar-refractivity contribution in [3.05, 3.63) is 64.0 Å². The molecule has 0 saturated heterocycles. The maximum absolute atomic E-state index is 12.3. The van der Waals surface area contributed by atoms with E-state index < -0.39 is 0 Å². The molecule has 0 spiro atoms. The molecule has 1 aromatic heterocycles. The third-order valence-corrected chi connectivity index (χ3v) is 4.54. The molecule has 1 amide bonds. The van der Waals surface area contributed by atoms with E-state index in [1.54, 1.807) is 0 Å². The summed E-state index contributed by atoms with van der Waals surface area (Å²) in [7, 11) is 1.84. The minimum atomic E-state index is -0.0961. The van der Waals surface area contributed by atoms with Crippen LogP contribution >= 0.6 is 15.9 Å². The number of nitrogens with zero attached hydrogens (tertiary/aromatic N) is 3. The molecule has 7 heteroatoms. The Morgan fingerprint density at radius 2 is 1.89 bits per heavy atom. The molecule has 0 atom stereocenters. The van der Waals surface area contributed by atoms with E-state index in [-0.39, 0.29) is 12.5 Å². The topological polar surface area (TPSA) is 71.3 Å². The van der Waals surface area contributed by atoms with E-state index in [1.165, 1.54) is 5.56 Å². The number of carbonyl (C=O) groups is 1. The van der Waals surface area contributed by atoms with Crippen LogP contribution in [-0.4, -0.2) is 34.6 Å². The molecule has 0 fully saturated rings. The number of likely N-dealkylation sites (N-methyl/N-ethyl adjacent to an activating group) is 1. The van der Waals surface area contributed by atoms with Gasteiger partial charge in [0, 0.05) is 15.7 Å². The minimum Gasteiger partial charge on any atom is -0.419 e. The van der Waals surface area contributed by atoms with Crippen molar-refractivity contribution in [3.63, 3.8) is 0 Å². The minimum absolute atomic E-state index is 0.0961. The van der Waals surface area contributed by atoms with Crippen molar-refractivity contribution < 1.29 is 9.21 Å². The molecule has 0 aliphatic carbocycles. The highest BCUT2D eigenvalue weighted by molar-refractivity contribution is 9.10. The Morgan fingerprint density at radius 1 is 1.15 bits per heavy atom. The molecule has 3 rings (SSSR count). The smallest absolute Gasteiger partial charge is 0.247 e. The van der Waals surface area contributed by atoms with Gasteiger partial charge in [0.1, 0.15) is 0 Å². The lowest BCUT2D eigenvalue weighted by Gasteiger charge is -2.15. The van der Waals surface area contributed by atoms with E-state index in [1.807, 2.05) is 68.3 Å². The molecule has 0 saturated carbocycles. The van der Waals surface area contributed by atoms with Crippen LogP contribution in [0.3, 0.4) is 0 Å². The fourth-order valence-electron chi connectivity index (χ4n) is 2.62. The zero-order valence-corrected chi connectivity index (χ0v) is 17.1. The fourth-order valence-corrected chi connectivity index (χ4v) is 3.09. The summed E-state index contributed by atoms with van der Waals surface area (Å²) in [4.78, 5) is 14.1. The van der Waals surface area contributed by atoms with Gasteiger partial charge in [0.2, 0.25) is 17.7 Å². The van der Waals surface area contributed by atoms with Crippen molar-refractivity contribution in [2.24, 2.45) is 0 Å². The summed E-state index contributed by atoms with van der Waals surface area (Å²) < 4.78 is 6.69. The monoisotopic (exact) mass is 428 g/mol. The highest BCUT2D eigenvalue weighted by Crippen LogP contribution is 2.20. The first-order valence-electron chi connectivity index (χ1n) is 8.54. The van der Waals surface area contributed by atoms with Crippen LogP contribution in [0.4, 0.5) is 5.69 Å². The summed E-state index contributed by atoms with van der Waals surface area (Å²) >= 11 is 3.42. The van der Waals surface area contributed by atoms with Crippen molar-refractivity contribution in [1.82, 2.24) is 15.1 Å². The Kier molecular flexibility index (Phi) is 6.03. The molecule has 6 nitrogen and oxygen atoms in total. The Bertz CT molecular complexity index is 937. The summed E-state index contributed by atoms with van der Waals surface area (Å²) in [6.07, 6.45) is 0. The second-order valence-electron chi connectivity index (χ2n) is 6.55. The molecule has 2 aromatic carbocycles. The Balaban J connectivity index is 1.56. The molecule has 0 radical (unpaired) electrons. The van der Waals surface area contributed by atoms with Crippen molar-refractivity contribution >= 4 is 27.5 Å². The number of amides is 1. The number of hydrogen-bond donors (Lipinski definition) is 1. The number of aromatic nitrogens is 2. The zero-order valence-electron chi connectivity index (χ0n) is 15.5. The van der Waals surface area contributed by atoms with E-state index in [0.717, 1.165) is 21.3 Å². The van der Waals surface area contributed by atoms with E-state index in [9.17, 15) is 4.79 Å². The standard InChI is InChI=1S/C20H21BrN4O2/c1-13-4-6-15(7-5-13)20-24-23-19(27-20)12-25(3)11-18(26)22-17-9-8-16(21)10-14(17)2/h4-10H,11-12H2,1-3H3,(H,22,26). The van der Waals surface area contributed by atoms with Crippen LogP contribution < -0.4 is 5.32 Å². The highest BCUT2D eigenvalue weighted by Gasteiger charge is 2.13. The molecule has 0 aliphatic heterocycles. The molecule has 140 valence electrons.